The molecule has 4 aromatic rings. The van der Waals surface area contributed by atoms with Crippen LogP contribution in [0.4, 0.5) is 5.88 Å². The third-order valence-electron chi connectivity index (χ3n) is 4.53. The van der Waals surface area contributed by atoms with Crippen LogP contribution in [0.2, 0.25) is 0 Å². The SMILES string of the molecule is Cc1c(-c2ccccc2)oc2c(-c3nc(C#N)c(N(C)C)o3)cccc2c1=O. The summed E-state index contributed by atoms with van der Waals surface area (Å²) in [6.45, 7) is 1.75. The minimum absolute atomic E-state index is 0.109. The first-order valence-corrected chi connectivity index (χ1v) is 8.71. The van der Waals surface area contributed by atoms with Crippen LogP contribution in [0.25, 0.3) is 33.7 Å². The second-order valence-electron chi connectivity index (χ2n) is 6.61. The fraction of sp³-hybridized carbons (Fsp3) is 0.136. The number of para-hydroxylation sites is 1. The number of fused-ring (bicyclic) bond motifs is 1. The smallest absolute Gasteiger partial charge is 0.234 e. The van der Waals surface area contributed by atoms with Crippen LogP contribution in [-0.2, 0) is 0 Å². The second kappa shape index (κ2) is 6.71. The van der Waals surface area contributed by atoms with Gasteiger partial charge in [0.2, 0.25) is 17.5 Å². The Hall–Kier alpha value is -3.85. The monoisotopic (exact) mass is 371 g/mol. The number of anilines is 1. The molecular weight excluding hydrogens is 354 g/mol. The van der Waals surface area contributed by atoms with Gasteiger partial charge >= 0.3 is 0 Å². The lowest BCUT2D eigenvalue weighted by molar-refractivity contribution is 0.567. The highest BCUT2D eigenvalue weighted by atomic mass is 16.4. The number of oxazole rings is 1. The second-order valence-corrected chi connectivity index (χ2v) is 6.61. The number of aromatic nitrogens is 1. The minimum atomic E-state index is -0.109. The van der Waals surface area contributed by atoms with Crippen LogP contribution in [0, 0.1) is 18.3 Å². The molecule has 0 saturated carbocycles. The van der Waals surface area contributed by atoms with Gasteiger partial charge in [0.1, 0.15) is 11.8 Å². The third kappa shape index (κ3) is 2.74. The lowest BCUT2D eigenvalue weighted by Gasteiger charge is -2.09. The average Bonchev–Trinajstić information content (AvgIpc) is 3.15. The third-order valence-corrected chi connectivity index (χ3v) is 4.53. The Balaban J connectivity index is 2.03. The van der Waals surface area contributed by atoms with Crippen LogP contribution in [0.15, 0.2) is 62.2 Å². The predicted molar refractivity (Wildman–Crippen MR) is 107 cm³/mol. The molecule has 0 aliphatic heterocycles. The van der Waals surface area contributed by atoms with Crippen molar-refractivity contribution in [3.63, 3.8) is 0 Å². The summed E-state index contributed by atoms with van der Waals surface area (Å²) in [4.78, 5) is 18.9. The molecule has 0 amide bonds. The molecule has 6 heteroatoms. The van der Waals surface area contributed by atoms with E-state index in [1.807, 2.05) is 36.4 Å². The molecule has 0 radical (unpaired) electrons. The van der Waals surface area contributed by atoms with Crippen LogP contribution in [-0.4, -0.2) is 19.1 Å². The average molecular weight is 371 g/mol. The standard InChI is InChI=1S/C22H17N3O3/c1-13-18(26)15-10-7-11-16(21-24-17(12-23)22(28-21)25(2)3)20(15)27-19(13)14-8-5-4-6-9-14/h4-11H,1-3H3. The predicted octanol–water partition coefficient (Wildman–Crippen LogP) is 4.36. The van der Waals surface area contributed by atoms with Crippen molar-refractivity contribution in [2.75, 3.05) is 19.0 Å². The molecule has 0 fully saturated rings. The Morgan fingerprint density at radius 3 is 2.43 bits per heavy atom. The van der Waals surface area contributed by atoms with Crippen molar-refractivity contribution in [3.05, 3.63) is 70.0 Å². The van der Waals surface area contributed by atoms with Gasteiger partial charge in [0.15, 0.2) is 11.0 Å². The Labute approximate surface area is 161 Å². The zero-order valence-corrected chi connectivity index (χ0v) is 15.7. The Morgan fingerprint density at radius 1 is 1.04 bits per heavy atom. The molecule has 0 bridgehead atoms. The summed E-state index contributed by atoms with van der Waals surface area (Å²) >= 11 is 0. The number of benzene rings is 2. The first-order valence-electron chi connectivity index (χ1n) is 8.71. The van der Waals surface area contributed by atoms with E-state index in [2.05, 4.69) is 4.98 Å². The molecule has 28 heavy (non-hydrogen) atoms. The zero-order chi connectivity index (χ0) is 19.8. The molecule has 0 saturated heterocycles. The van der Waals surface area contributed by atoms with E-state index in [4.69, 9.17) is 8.83 Å². The van der Waals surface area contributed by atoms with E-state index >= 15 is 0 Å². The summed E-state index contributed by atoms with van der Waals surface area (Å²) in [7, 11) is 3.54. The maximum atomic E-state index is 13.0. The van der Waals surface area contributed by atoms with Crippen LogP contribution in [0.3, 0.4) is 0 Å². The van der Waals surface area contributed by atoms with Gasteiger partial charge in [0.05, 0.1) is 10.9 Å². The fourth-order valence-corrected chi connectivity index (χ4v) is 3.15. The number of hydrogen-bond donors (Lipinski definition) is 0. The van der Waals surface area contributed by atoms with Gasteiger partial charge in [-0.3, -0.25) is 4.79 Å². The lowest BCUT2D eigenvalue weighted by Crippen LogP contribution is -2.08. The van der Waals surface area contributed by atoms with Gasteiger partial charge in [-0.05, 0) is 19.1 Å². The first kappa shape index (κ1) is 17.6. The van der Waals surface area contributed by atoms with Crippen molar-refractivity contribution in [2.24, 2.45) is 0 Å². The fourth-order valence-electron chi connectivity index (χ4n) is 3.15. The van der Waals surface area contributed by atoms with E-state index in [9.17, 15) is 10.1 Å². The summed E-state index contributed by atoms with van der Waals surface area (Å²) in [5.41, 5.74) is 2.32. The molecule has 138 valence electrons. The normalized spacial score (nSPS) is 10.8. The molecule has 0 atom stereocenters. The van der Waals surface area contributed by atoms with Gasteiger partial charge < -0.3 is 13.7 Å². The Kier molecular flexibility index (Phi) is 4.21. The van der Waals surface area contributed by atoms with Crippen LogP contribution < -0.4 is 10.3 Å². The van der Waals surface area contributed by atoms with Gasteiger partial charge in [-0.15, -0.1) is 0 Å². The largest absolute Gasteiger partial charge is 0.455 e. The zero-order valence-electron chi connectivity index (χ0n) is 15.7. The van der Waals surface area contributed by atoms with E-state index in [0.29, 0.717) is 33.7 Å². The van der Waals surface area contributed by atoms with Gasteiger partial charge in [0.25, 0.3) is 0 Å². The molecule has 0 aliphatic rings. The van der Waals surface area contributed by atoms with Gasteiger partial charge in [0, 0.05) is 25.2 Å². The molecule has 0 unspecified atom stereocenters. The quantitative estimate of drug-likeness (QED) is 0.532. The van der Waals surface area contributed by atoms with E-state index in [-0.39, 0.29) is 17.0 Å². The lowest BCUT2D eigenvalue weighted by atomic mass is 10.0. The number of hydrogen-bond acceptors (Lipinski definition) is 6. The van der Waals surface area contributed by atoms with Crippen LogP contribution >= 0.6 is 0 Å². The summed E-state index contributed by atoms with van der Waals surface area (Å²) in [6, 6.07) is 16.7. The first-order chi connectivity index (χ1) is 13.5. The summed E-state index contributed by atoms with van der Waals surface area (Å²) in [6.07, 6.45) is 0. The van der Waals surface area contributed by atoms with E-state index in [1.54, 1.807) is 44.1 Å². The maximum absolute atomic E-state index is 13.0. The van der Waals surface area contributed by atoms with Crippen molar-refractivity contribution in [1.82, 2.24) is 4.98 Å². The van der Waals surface area contributed by atoms with Crippen LogP contribution in [0.5, 0.6) is 0 Å². The number of rotatable bonds is 3. The molecule has 0 N–H and O–H groups in total. The highest BCUT2D eigenvalue weighted by molar-refractivity contribution is 5.91. The molecule has 6 nitrogen and oxygen atoms in total. The van der Waals surface area contributed by atoms with Crippen molar-refractivity contribution in [2.45, 2.75) is 6.92 Å². The van der Waals surface area contributed by atoms with Crippen LogP contribution in [0.1, 0.15) is 11.3 Å². The molecule has 2 heterocycles. The molecule has 0 aliphatic carbocycles. The van der Waals surface area contributed by atoms with Crippen molar-refractivity contribution >= 4 is 16.9 Å². The highest BCUT2D eigenvalue weighted by Gasteiger charge is 2.21. The van der Waals surface area contributed by atoms with Gasteiger partial charge in [-0.2, -0.15) is 10.2 Å². The minimum Gasteiger partial charge on any atom is -0.455 e. The molecule has 2 aromatic carbocycles. The maximum Gasteiger partial charge on any atom is 0.234 e. The number of nitriles is 1. The molecule has 4 rings (SSSR count). The topological polar surface area (TPSA) is 83.3 Å². The summed E-state index contributed by atoms with van der Waals surface area (Å²) in [5, 5.41) is 9.78. The Morgan fingerprint density at radius 2 is 1.79 bits per heavy atom. The summed E-state index contributed by atoms with van der Waals surface area (Å²) < 4.78 is 12.0. The Bertz CT molecular complexity index is 1280. The van der Waals surface area contributed by atoms with Crippen molar-refractivity contribution in [1.29, 1.82) is 5.26 Å². The van der Waals surface area contributed by atoms with E-state index in [1.165, 1.54) is 0 Å². The van der Waals surface area contributed by atoms with Gasteiger partial charge in [-0.25, -0.2) is 0 Å². The molecular formula is C22H17N3O3. The van der Waals surface area contributed by atoms with Crippen molar-refractivity contribution < 1.29 is 8.83 Å². The summed E-state index contributed by atoms with van der Waals surface area (Å²) in [5.74, 6) is 1.09. The highest BCUT2D eigenvalue weighted by Crippen LogP contribution is 2.34. The van der Waals surface area contributed by atoms with E-state index < -0.39 is 0 Å². The molecule has 2 aromatic heterocycles. The number of nitrogens with zero attached hydrogens (tertiary/aromatic N) is 3. The van der Waals surface area contributed by atoms with E-state index in [0.717, 1.165) is 5.56 Å². The van der Waals surface area contributed by atoms with Gasteiger partial charge in [-0.1, -0.05) is 36.4 Å². The molecule has 0 spiro atoms. The van der Waals surface area contributed by atoms with Crippen molar-refractivity contribution in [3.8, 4) is 28.8 Å².